The van der Waals surface area contributed by atoms with Gasteiger partial charge in [-0.3, -0.25) is 4.79 Å². The molecule has 2 aromatic carbocycles. The maximum atomic E-state index is 13.1. The van der Waals surface area contributed by atoms with Gasteiger partial charge in [-0.2, -0.15) is 4.31 Å². The summed E-state index contributed by atoms with van der Waals surface area (Å²) in [5.74, 6) is -0.118. The SMILES string of the molecule is Cc1cccc(CNC(=O)C2CCN(S(=O)(=O)c3ccc4c(c3)CCCC4)CC2)c1. The molecule has 6 heteroatoms. The van der Waals surface area contributed by atoms with E-state index < -0.39 is 10.0 Å². The van der Waals surface area contributed by atoms with Crippen molar-refractivity contribution in [3.63, 3.8) is 0 Å². The topological polar surface area (TPSA) is 66.5 Å². The maximum Gasteiger partial charge on any atom is 0.243 e. The van der Waals surface area contributed by atoms with Gasteiger partial charge in [0.05, 0.1) is 4.90 Å². The molecule has 5 nitrogen and oxygen atoms in total. The van der Waals surface area contributed by atoms with Crippen LogP contribution in [0.4, 0.5) is 0 Å². The molecule has 0 unspecified atom stereocenters. The highest BCUT2D eigenvalue weighted by atomic mass is 32.2. The minimum atomic E-state index is -3.50. The Labute approximate surface area is 179 Å². The van der Waals surface area contributed by atoms with E-state index in [1.165, 1.54) is 23.1 Å². The minimum Gasteiger partial charge on any atom is -0.352 e. The highest BCUT2D eigenvalue weighted by Gasteiger charge is 2.32. The number of hydrogen-bond donors (Lipinski definition) is 1. The Hall–Kier alpha value is -2.18. The summed E-state index contributed by atoms with van der Waals surface area (Å²) < 4.78 is 27.8. The van der Waals surface area contributed by atoms with Gasteiger partial charge in [-0.25, -0.2) is 8.42 Å². The van der Waals surface area contributed by atoms with Gasteiger partial charge in [0, 0.05) is 25.6 Å². The number of benzene rings is 2. The van der Waals surface area contributed by atoms with Crippen LogP contribution in [-0.4, -0.2) is 31.7 Å². The van der Waals surface area contributed by atoms with E-state index in [0.29, 0.717) is 37.4 Å². The van der Waals surface area contributed by atoms with E-state index in [0.717, 1.165) is 24.8 Å². The van der Waals surface area contributed by atoms with Crippen LogP contribution in [0.2, 0.25) is 0 Å². The largest absolute Gasteiger partial charge is 0.352 e. The van der Waals surface area contributed by atoms with Crippen molar-refractivity contribution in [2.75, 3.05) is 13.1 Å². The van der Waals surface area contributed by atoms with Gasteiger partial charge >= 0.3 is 0 Å². The summed E-state index contributed by atoms with van der Waals surface area (Å²) in [7, 11) is -3.50. The third kappa shape index (κ3) is 4.60. The number of nitrogens with one attached hydrogen (secondary N) is 1. The maximum absolute atomic E-state index is 13.1. The van der Waals surface area contributed by atoms with Crippen molar-refractivity contribution in [2.24, 2.45) is 5.92 Å². The summed E-state index contributed by atoms with van der Waals surface area (Å²) in [6, 6.07) is 13.7. The number of rotatable bonds is 5. The number of amides is 1. The Morgan fingerprint density at radius 3 is 2.50 bits per heavy atom. The first-order valence-corrected chi connectivity index (χ1v) is 12.3. The van der Waals surface area contributed by atoms with Crippen molar-refractivity contribution in [3.8, 4) is 0 Å². The molecule has 0 atom stereocenters. The molecule has 1 saturated heterocycles. The number of aryl methyl sites for hydroxylation is 3. The van der Waals surface area contributed by atoms with Crippen LogP contribution in [0.5, 0.6) is 0 Å². The Morgan fingerprint density at radius 1 is 1.03 bits per heavy atom. The second-order valence-electron chi connectivity index (χ2n) is 8.52. The summed E-state index contributed by atoms with van der Waals surface area (Å²) in [6.45, 7) is 3.32. The second-order valence-corrected chi connectivity index (χ2v) is 10.5. The summed E-state index contributed by atoms with van der Waals surface area (Å²) in [5.41, 5.74) is 4.70. The number of piperidine rings is 1. The van der Waals surface area contributed by atoms with E-state index in [1.54, 1.807) is 10.4 Å². The molecule has 30 heavy (non-hydrogen) atoms. The standard InChI is InChI=1S/C24H30N2O3S/c1-18-5-4-6-19(15-18)17-25-24(27)21-11-13-26(14-12-21)30(28,29)23-10-9-20-7-2-3-8-22(20)16-23/h4-6,9-10,15-16,21H,2-3,7-8,11-14,17H2,1H3,(H,25,27). The van der Waals surface area contributed by atoms with Crippen molar-refractivity contribution in [3.05, 3.63) is 64.7 Å². The normalized spacial score (nSPS) is 18.0. The van der Waals surface area contributed by atoms with Crippen molar-refractivity contribution < 1.29 is 13.2 Å². The Morgan fingerprint density at radius 2 is 1.77 bits per heavy atom. The number of carbonyl (C=O) groups excluding carboxylic acids is 1. The Kier molecular flexibility index (Phi) is 6.25. The van der Waals surface area contributed by atoms with Crippen LogP contribution in [0.1, 0.15) is 47.9 Å². The fourth-order valence-corrected chi connectivity index (χ4v) is 6.05. The smallest absolute Gasteiger partial charge is 0.243 e. The number of hydrogen-bond acceptors (Lipinski definition) is 3. The van der Waals surface area contributed by atoms with Crippen molar-refractivity contribution in [1.82, 2.24) is 9.62 Å². The molecular formula is C24H30N2O3S. The molecule has 1 fully saturated rings. The van der Waals surface area contributed by atoms with Gasteiger partial charge in [0.2, 0.25) is 15.9 Å². The molecule has 0 bridgehead atoms. The van der Waals surface area contributed by atoms with Crippen LogP contribution in [0.3, 0.4) is 0 Å². The van der Waals surface area contributed by atoms with Crippen LogP contribution in [0.25, 0.3) is 0 Å². The van der Waals surface area contributed by atoms with Crippen LogP contribution < -0.4 is 5.32 Å². The van der Waals surface area contributed by atoms with Crippen molar-refractivity contribution >= 4 is 15.9 Å². The van der Waals surface area contributed by atoms with Crippen LogP contribution in [0, 0.1) is 12.8 Å². The molecule has 1 N–H and O–H groups in total. The minimum absolute atomic E-state index is 0.0161. The van der Waals surface area contributed by atoms with Crippen LogP contribution >= 0.6 is 0 Å². The number of sulfonamides is 1. The van der Waals surface area contributed by atoms with E-state index in [1.807, 2.05) is 37.3 Å². The molecule has 0 saturated carbocycles. The molecular weight excluding hydrogens is 396 g/mol. The molecule has 0 aromatic heterocycles. The van der Waals surface area contributed by atoms with Gasteiger partial charge in [-0.1, -0.05) is 35.9 Å². The molecule has 4 rings (SSSR count). The zero-order valence-electron chi connectivity index (χ0n) is 17.6. The van der Waals surface area contributed by atoms with Gasteiger partial charge in [0.15, 0.2) is 0 Å². The fraction of sp³-hybridized carbons (Fsp3) is 0.458. The lowest BCUT2D eigenvalue weighted by atomic mass is 9.92. The summed E-state index contributed by atoms with van der Waals surface area (Å²) in [5, 5.41) is 3.01. The van der Waals surface area contributed by atoms with E-state index in [-0.39, 0.29) is 11.8 Å². The first-order valence-electron chi connectivity index (χ1n) is 10.9. The molecule has 2 aromatic rings. The predicted molar refractivity (Wildman–Crippen MR) is 118 cm³/mol. The molecule has 1 aliphatic carbocycles. The Balaban J connectivity index is 1.35. The molecule has 160 valence electrons. The van der Waals surface area contributed by atoms with Gasteiger partial charge in [-0.05, 0) is 74.3 Å². The lowest BCUT2D eigenvalue weighted by Crippen LogP contribution is -2.42. The van der Waals surface area contributed by atoms with Gasteiger partial charge in [0.25, 0.3) is 0 Å². The molecule has 1 heterocycles. The van der Waals surface area contributed by atoms with E-state index in [2.05, 4.69) is 11.4 Å². The molecule has 1 amide bonds. The molecule has 0 spiro atoms. The lowest BCUT2D eigenvalue weighted by molar-refractivity contribution is -0.126. The van der Waals surface area contributed by atoms with Crippen molar-refractivity contribution in [2.45, 2.75) is 56.9 Å². The number of nitrogens with zero attached hydrogens (tertiary/aromatic N) is 1. The quantitative estimate of drug-likeness (QED) is 0.795. The second kappa shape index (κ2) is 8.90. The monoisotopic (exact) mass is 426 g/mol. The number of carbonyl (C=O) groups is 1. The summed E-state index contributed by atoms with van der Waals surface area (Å²) in [6.07, 6.45) is 5.42. The van der Waals surface area contributed by atoms with Gasteiger partial charge < -0.3 is 5.32 Å². The van der Waals surface area contributed by atoms with Crippen molar-refractivity contribution in [1.29, 1.82) is 0 Å². The predicted octanol–water partition coefficient (Wildman–Crippen LogP) is 3.59. The van der Waals surface area contributed by atoms with Crippen LogP contribution in [-0.2, 0) is 34.2 Å². The van der Waals surface area contributed by atoms with E-state index in [4.69, 9.17) is 0 Å². The molecule has 1 aliphatic heterocycles. The van der Waals surface area contributed by atoms with Crippen LogP contribution in [0.15, 0.2) is 47.4 Å². The van der Waals surface area contributed by atoms with Gasteiger partial charge in [0.1, 0.15) is 0 Å². The first-order chi connectivity index (χ1) is 14.4. The first kappa shape index (κ1) is 21.1. The Bertz CT molecular complexity index is 1020. The molecule has 0 radical (unpaired) electrons. The summed E-state index contributed by atoms with van der Waals surface area (Å²) >= 11 is 0. The zero-order valence-corrected chi connectivity index (χ0v) is 18.4. The van der Waals surface area contributed by atoms with Gasteiger partial charge in [-0.15, -0.1) is 0 Å². The molecule has 2 aliphatic rings. The average Bonchev–Trinajstić information content (AvgIpc) is 2.77. The third-order valence-electron chi connectivity index (χ3n) is 6.33. The third-order valence-corrected chi connectivity index (χ3v) is 8.23. The van der Waals surface area contributed by atoms with E-state index >= 15 is 0 Å². The summed E-state index contributed by atoms with van der Waals surface area (Å²) in [4.78, 5) is 13.0. The van der Waals surface area contributed by atoms with E-state index in [9.17, 15) is 13.2 Å². The number of fused-ring (bicyclic) bond motifs is 1. The lowest BCUT2D eigenvalue weighted by Gasteiger charge is -2.31. The zero-order chi connectivity index (χ0) is 21.1. The average molecular weight is 427 g/mol. The fourth-order valence-electron chi connectivity index (χ4n) is 4.53. The highest BCUT2D eigenvalue weighted by Crippen LogP contribution is 2.28. The highest BCUT2D eigenvalue weighted by molar-refractivity contribution is 7.89.